The average molecular weight is 365 g/mol. The number of ether oxygens (including phenoxy) is 1. The van der Waals surface area contributed by atoms with Crippen LogP contribution in [0.15, 0.2) is 65.7 Å². The van der Waals surface area contributed by atoms with Crippen LogP contribution in [0, 0.1) is 18.6 Å². The van der Waals surface area contributed by atoms with Crippen molar-refractivity contribution in [2.45, 2.75) is 6.92 Å². The summed E-state index contributed by atoms with van der Waals surface area (Å²) in [4.78, 5) is 15.9. The first-order valence-corrected chi connectivity index (χ1v) is 8.28. The average Bonchev–Trinajstić information content (AvgIpc) is 2.64. The lowest BCUT2D eigenvalue weighted by Gasteiger charge is -2.09. The van der Waals surface area contributed by atoms with Crippen molar-refractivity contribution in [1.29, 1.82) is 0 Å². The van der Waals surface area contributed by atoms with E-state index in [9.17, 15) is 13.6 Å². The molecule has 3 aromatic rings. The summed E-state index contributed by atoms with van der Waals surface area (Å²) < 4.78 is 33.7. The SMILES string of the molecule is CN=Cc1ccc(-c2ccc(OC(=O)c3ccc(C)cc3)cc2F)cc1F. The van der Waals surface area contributed by atoms with Gasteiger partial charge in [-0.05, 0) is 48.9 Å². The van der Waals surface area contributed by atoms with Crippen molar-refractivity contribution in [3.05, 3.63) is 89.0 Å². The molecule has 0 heterocycles. The fraction of sp³-hybridized carbons (Fsp3) is 0.0909. The first kappa shape index (κ1) is 18.5. The number of esters is 1. The van der Waals surface area contributed by atoms with Crippen LogP contribution in [0.2, 0.25) is 0 Å². The second-order valence-corrected chi connectivity index (χ2v) is 6.02. The van der Waals surface area contributed by atoms with E-state index in [1.807, 2.05) is 6.92 Å². The summed E-state index contributed by atoms with van der Waals surface area (Å²) in [5.41, 5.74) is 2.31. The largest absolute Gasteiger partial charge is 0.423 e. The summed E-state index contributed by atoms with van der Waals surface area (Å²) in [5, 5.41) is 0. The summed E-state index contributed by atoms with van der Waals surface area (Å²) in [7, 11) is 1.55. The van der Waals surface area contributed by atoms with Crippen LogP contribution >= 0.6 is 0 Å². The Labute approximate surface area is 156 Å². The highest BCUT2D eigenvalue weighted by molar-refractivity contribution is 5.91. The zero-order valence-electron chi connectivity index (χ0n) is 14.9. The molecular formula is C22H17F2NO2. The third kappa shape index (κ3) is 4.26. The Hall–Kier alpha value is -3.34. The summed E-state index contributed by atoms with van der Waals surface area (Å²) in [6.45, 7) is 1.91. The predicted octanol–water partition coefficient (Wildman–Crippen LogP) is 5.21. The molecule has 136 valence electrons. The molecule has 0 radical (unpaired) electrons. The van der Waals surface area contributed by atoms with Crippen molar-refractivity contribution in [2.75, 3.05) is 7.05 Å². The summed E-state index contributed by atoms with van der Waals surface area (Å²) in [6.07, 6.45) is 1.39. The molecular weight excluding hydrogens is 348 g/mol. The molecule has 3 aromatic carbocycles. The molecule has 5 heteroatoms. The molecule has 0 unspecified atom stereocenters. The lowest BCUT2D eigenvalue weighted by molar-refractivity contribution is 0.0734. The molecule has 3 nitrogen and oxygen atoms in total. The lowest BCUT2D eigenvalue weighted by Crippen LogP contribution is -2.08. The molecule has 0 aliphatic rings. The van der Waals surface area contributed by atoms with Gasteiger partial charge in [0.2, 0.25) is 0 Å². The Bertz CT molecular complexity index is 1010. The molecule has 0 saturated carbocycles. The van der Waals surface area contributed by atoms with Gasteiger partial charge in [-0.25, -0.2) is 13.6 Å². The van der Waals surface area contributed by atoms with Gasteiger partial charge in [0.15, 0.2) is 0 Å². The van der Waals surface area contributed by atoms with Crippen molar-refractivity contribution < 1.29 is 18.3 Å². The van der Waals surface area contributed by atoms with E-state index in [1.54, 1.807) is 37.4 Å². The maximum absolute atomic E-state index is 14.5. The maximum Gasteiger partial charge on any atom is 0.343 e. The Morgan fingerprint density at radius 3 is 2.33 bits per heavy atom. The zero-order valence-corrected chi connectivity index (χ0v) is 14.9. The number of halogens is 2. The number of hydrogen-bond acceptors (Lipinski definition) is 3. The van der Waals surface area contributed by atoms with Crippen LogP contribution in [-0.2, 0) is 0 Å². The Morgan fingerprint density at radius 1 is 0.963 bits per heavy atom. The van der Waals surface area contributed by atoms with E-state index in [2.05, 4.69) is 4.99 Å². The highest BCUT2D eigenvalue weighted by Gasteiger charge is 2.12. The molecule has 0 amide bonds. The molecule has 27 heavy (non-hydrogen) atoms. The fourth-order valence-corrected chi connectivity index (χ4v) is 2.59. The van der Waals surface area contributed by atoms with Gasteiger partial charge in [0, 0.05) is 30.5 Å². The molecule has 3 rings (SSSR count). The van der Waals surface area contributed by atoms with E-state index in [0.29, 0.717) is 16.7 Å². The first-order chi connectivity index (χ1) is 13.0. The van der Waals surface area contributed by atoms with Gasteiger partial charge < -0.3 is 4.74 Å². The molecule has 0 saturated heterocycles. The van der Waals surface area contributed by atoms with Crippen molar-refractivity contribution >= 4 is 12.2 Å². The topological polar surface area (TPSA) is 38.7 Å². The minimum atomic E-state index is -0.611. The van der Waals surface area contributed by atoms with Crippen molar-refractivity contribution in [3.8, 4) is 16.9 Å². The van der Waals surface area contributed by atoms with Gasteiger partial charge in [-0.2, -0.15) is 0 Å². The minimum Gasteiger partial charge on any atom is -0.423 e. The molecule has 0 bridgehead atoms. The molecule has 0 N–H and O–H groups in total. The molecule has 0 aliphatic heterocycles. The van der Waals surface area contributed by atoms with E-state index in [0.717, 1.165) is 11.6 Å². The van der Waals surface area contributed by atoms with Crippen molar-refractivity contribution in [2.24, 2.45) is 4.99 Å². The van der Waals surface area contributed by atoms with Gasteiger partial charge >= 0.3 is 5.97 Å². The van der Waals surface area contributed by atoms with Gasteiger partial charge in [0.25, 0.3) is 0 Å². The summed E-state index contributed by atoms with van der Waals surface area (Å²) in [5.74, 6) is -1.60. The molecule has 0 atom stereocenters. The molecule has 0 aromatic heterocycles. The predicted molar refractivity (Wildman–Crippen MR) is 101 cm³/mol. The van der Waals surface area contributed by atoms with Crippen molar-refractivity contribution in [1.82, 2.24) is 0 Å². The van der Waals surface area contributed by atoms with Crippen molar-refractivity contribution in [3.63, 3.8) is 0 Å². The highest BCUT2D eigenvalue weighted by Crippen LogP contribution is 2.28. The Morgan fingerprint density at radius 2 is 1.70 bits per heavy atom. The molecule has 0 aliphatic carbocycles. The standard InChI is InChI=1S/C22H17F2NO2/c1-14-3-5-15(6-4-14)22(26)27-18-9-10-19(21(24)12-18)16-7-8-17(13-25-2)20(23)11-16/h3-13H,1-2H3. The Kier molecular flexibility index (Phi) is 5.41. The second-order valence-electron chi connectivity index (χ2n) is 6.02. The summed E-state index contributed by atoms with van der Waals surface area (Å²) >= 11 is 0. The molecule has 0 fully saturated rings. The first-order valence-electron chi connectivity index (χ1n) is 8.28. The number of carbonyl (C=O) groups excluding carboxylic acids is 1. The third-order valence-corrected chi connectivity index (χ3v) is 4.02. The number of aliphatic imine (C=N–C) groups is 1. The van der Waals surface area contributed by atoms with E-state index in [-0.39, 0.29) is 11.3 Å². The fourth-order valence-electron chi connectivity index (χ4n) is 2.59. The lowest BCUT2D eigenvalue weighted by atomic mass is 10.0. The van der Waals surface area contributed by atoms with Crippen LogP contribution in [0.5, 0.6) is 5.75 Å². The number of hydrogen-bond donors (Lipinski definition) is 0. The van der Waals surface area contributed by atoms with Crippen LogP contribution in [0.25, 0.3) is 11.1 Å². The minimum absolute atomic E-state index is 0.0806. The zero-order chi connectivity index (χ0) is 19.4. The monoisotopic (exact) mass is 365 g/mol. The number of aryl methyl sites for hydroxylation is 1. The maximum atomic E-state index is 14.5. The number of rotatable bonds is 4. The number of benzene rings is 3. The van der Waals surface area contributed by atoms with E-state index >= 15 is 0 Å². The van der Waals surface area contributed by atoms with E-state index in [1.165, 1.54) is 30.5 Å². The Balaban J connectivity index is 1.82. The normalized spacial score (nSPS) is 11.0. The van der Waals surface area contributed by atoms with Gasteiger partial charge in [0.05, 0.1) is 5.56 Å². The van der Waals surface area contributed by atoms with Crippen LogP contribution in [-0.4, -0.2) is 19.2 Å². The van der Waals surface area contributed by atoms with E-state index < -0.39 is 17.6 Å². The van der Waals surface area contributed by atoms with Gasteiger partial charge in [-0.1, -0.05) is 23.8 Å². The highest BCUT2D eigenvalue weighted by atomic mass is 19.1. The van der Waals surface area contributed by atoms with Crippen LogP contribution in [0.1, 0.15) is 21.5 Å². The second kappa shape index (κ2) is 7.91. The quantitative estimate of drug-likeness (QED) is 0.362. The van der Waals surface area contributed by atoms with Crippen LogP contribution in [0.3, 0.4) is 0 Å². The van der Waals surface area contributed by atoms with E-state index in [4.69, 9.17) is 4.74 Å². The van der Waals surface area contributed by atoms with Crippen LogP contribution < -0.4 is 4.74 Å². The third-order valence-electron chi connectivity index (χ3n) is 4.02. The molecule has 0 spiro atoms. The van der Waals surface area contributed by atoms with Gasteiger partial charge in [0.1, 0.15) is 17.4 Å². The van der Waals surface area contributed by atoms with Gasteiger partial charge in [-0.15, -0.1) is 0 Å². The number of carbonyl (C=O) groups is 1. The smallest absolute Gasteiger partial charge is 0.343 e. The van der Waals surface area contributed by atoms with Gasteiger partial charge in [-0.3, -0.25) is 4.99 Å². The number of nitrogens with zero attached hydrogens (tertiary/aromatic N) is 1. The summed E-state index contributed by atoms with van der Waals surface area (Å²) in [6, 6.07) is 15.3. The van der Waals surface area contributed by atoms with Crippen LogP contribution in [0.4, 0.5) is 8.78 Å².